The number of benzene rings is 7. The van der Waals surface area contributed by atoms with Crippen molar-refractivity contribution in [3.63, 3.8) is 0 Å². The van der Waals surface area contributed by atoms with Gasteiger partial charge in [0.2, 0.25) is 0 Å². The largest absolute Gasteiger partial charge is 0.456 e. The summed E-state index contributed by atoms with van der Waals surface area (Å²) in [6.07, 6.45) is 0. The van der Waals surface area contributed by atoms with Crippen LogP contribution in [0.25, 0.3) is 109 Å². The lowest BCUT2D eigenvalue weighted by Gasteiger charge is -2.08. The summed E-state index contributed by atoms with van der Waals surface area (Å²) in [5.74, 6) is 1.85. The van der Waals surface area contributed by atoms with Gasteiger partial charge in [-0.25, -0.2) is 15.0 Å². The second-order valence-electron chi connectivity index (χ2n) is 12.8. The zero-order chi connectivity index (χ0) is 33.5. The molecule has 4 aromatic heterocycles. The normalized spacial score (nSPS) is 11.9. The molecule has 0 unspecified atom stereocenters. The van der Waals surface area contributed by atoms with E-state index >= 15 is 0 Å². The Balaban J connectivity index is 1.04. The van der Waals surface area contributed by atoms with E-state index in [1.54, 1.807) is 11.3 Å². The Morgan fingerprint density at radius 1 is 0.353 bits per heavy atom. The number of hydrogen-bond donors (Lipinski definition) is 0. The van der Waals surface area contributed by atoms with E-state index in [9.17, 15) is 0 Å². The first-order chi connectivity index (χ1) is 25.2. The molecule has 0 amide bonds. The van der Waals surface area contributed by atoms with Crippen molar-refractivity contribution in [3.05, 3.63) is 152 Å². The van der Waals surface area contributed by atoms with Crippen molar-refractivity contribution < 1.29 is 8.83 Å². The number of furan rings is 2. The fourth-order valence-electron chi connectivity index (χ4n) is 7.27. The Kier molecular flexibility index (Phi) is 6.05. The van der Waals surface area contributed by atoms with Gasteiger partial charge < -0.3 is 8.83 Å². The van der Waals surface area contributed by atoms with Gasteiger partial charge in [0.25, 0.3) is 0 Å². The minimum atomic E-state index is 0.599. The predicted molar refractivity (Wildman–Crippen MR) is 209 cm³/mol. The van der Waals surface area contributed by atoms with Gasteiger partial charge in [0.05, 0.1) is 0 Å². The molecule has 0 aliphatic carbocycles. The Morgan fingerprint density at radius 2 is 0.882 bits per heavy atom. The Labute approximate surface area is 295 Å². The van der Waals surface area contributed by atoms with Gasteiger partial charge in [-0.3, -0.25) is 0 Å². The summed E-state index contributed by atoms with van der Waals surface area (Å²) in [4.78, 5) is 15.0. The number of rotatable bonds is 4. The zero-order valence-electron chi connectivity index (χ0n) is 27.0. The first kappa shape index (κ1) is 28.2. The molecule has 0 saturated heterocycles. The second-order valence-corrected chi connectivity index (χ2v) is 13.9. The summed E-state index contributed by atoms with van der Waals surface area (Å²) in [5.41, 5.74) is 8.46. The van der Waals surface area contributed by atoms with Crippen LogP contribution < -0.4 is 0 Å². The lowest BCUT2D eigenvalue weighted by atomic mass is 10.0. The van der Waals surface area contributed by atoms with Crippen LogP contribution in [0.4, 0.5) is 0 Å². The predicted octanol–water partition coefficient (Wildman–Crippen LogP) is 12.7. The van der Waals surface area contributed by atoms with Crippen LogP contribution in [0.5, 0.6) is 0 Å². The van der Waals surface area contributed by atoms with Crippen LogP contribution in [-0.2, 0) is 0 Å². The molecular weight excluding hydrogens is 647 g/mol. The number of nitrogens with zero attached hydrogens (tertiary/aromatic N) is 3. The van der Waals surface area contributed by atoms with E-state index in [1.807, 2.05) is 66.7 Å². The van der Waals surface area contributed by atoms with Crippen molar-refractivity contribution >= 4 is 75.4 Å². The Hall–Kier alpha value is -6.63. The highest BCUT2D eigenvalue weighted by molar-refractivity contribution is 7.25. The lowest BCUT2D eigenvalue weighted by molar-refractivity contribution is 0.669. The van der Waals surface area contributed by atoms with Gasteiger partial charge in [-0.05, 0) is 42.0 Å². The molecule has 0 radical (unpaired) electrons. The van der Waals surface area contributed by atoms with Crippen molar-refractivity contribution in [3.8, 4) is 45.3 Å². The quantitative estimate of drug-likeness (QED) is 0.186. The van der Waals surface area contributed by atoms with Gasteiger partial charge in [0, 0.05) is 64.0 Å². The monoisotopic (exact) mass is 671 g/mol. The molecule has 238 valence electrons. The molecule has 0 bridgehead atoms. The summed E-state index contributed by atoms with van der Waals surface area (Å²) in [6.45, 7) is 0. The van der Waals surface area contributed by atoms with Crippen molar-refractivity contribution in [1.29, 1.82) is 0 Å². The van der Waals surface area contributed by atoms with E-state index < -0.39 is 0 Å². The van der Waals surface area contributed by atoms with Gasteiger partial charge in [-0.2, -0.15) is 0 Å². The second kappa shape index (κ2) is 10.9. The fraction of sp³-hybridized carbons (Fsp3) is 0. The average Bonchev–Trinajstić information content (AvgIpc) is 3.88. The first-order valence-corrected chi connectivity index (χ1v) is 17.7. The number of hydrogen-bond acceptors (Lipinski definition) is 6. The number of aromatic nitrogens is 3. The summed E-state index contributed by atoms with van der Waals surface area (Å²) >= 11 is 1.78. The molecule has 0 aliphatic heterocycles. The summed E-state index contributed by atoms with van der Waals surface area (Å²) < 4.78 is 15.0. The Morgan fingerprint density at radius 3 is 1.63 bits per heavy atom. The molecule has 4 heterocycles. The van der Waals surface area contributed by atoms with Crippen LogP contribution in [0.2, 0.25) is 0 Å². The van der Waals surface area contributed by atoms with Gasteiger partial charge in [0.15, 0.2) is 17.5 Å². The molecule has 0 N–H and O–H groups in total. The van der Waals surface area contributed by atoms with E-state index in [0.29, 0.717) is 17.5 Å². The molecule has 6 heteroatoms. The van der Waals surface area contributed by atoms with Crippen molar-refractivity contribution in [2.75, 3.05) is 0 Å². The van der Waals surface area contributed by atoms with E-state index in [1.165, 1.54) is 20.2 Å². The van der Waals surface area contributed by atoms with Crippen LogP contribution in [0.3, 0.4) is 0 Å². The third-order valence-electron chi connectivity index (χ3n) is 9.75. The standard InChI is InChI=1S/C45H25N3O2S/c1-2-9-26(10-3-1)43-46-44(28-18-20-33-31-11-4-6-15-37(31)49-39(33)23-28)48-45(47-43)29-19-22-35-34-21-17-27(24-40(34)51-41(35)25-29)30-13-8-14-36-32-12-5-7-16-38(32)50-42(30)36/h1-25H. The van der Waals surface area contributed by atoms with Crippen molar-refractivity contribution in [1.82, 2.24) is 15.0 Å². The molecule has 0 fully saturated rings. The fourth-order valence-corrected chi connectivity index (χ4v) is 8.46. The van der Waals surface area contributed by atoms with Gasteiger partial charge in [-0.1, -0.05) is 115 Å². The smallest absolute Gasteiger partial charge is 0.164 e. The van der Waals surface area contributed by atoms with E-state index in [-0.39, 0.29) is 0 Å². The summed E-state index contributed by atoms with van der Waals surface area (Å²) in [7, 11) is 0. The highest BCUT2D eigenvalue weighted by Gasteiger charge is 2.17. The minimum Gasteiger partial charge on any atom is -0.456 e. The summed E-state index contributed by atoms with van der Waals surface area (Å²) in [6, 6.07) is 52.2. The van der Waals surface area contributed by atoms with Crippen LogP contribution >= 0.6 is 11.3 Å². The molecule has 7 aromatic carbocycles. The highest BCUT2D eigenvalue weighted by Crippen LogP contribution is 2.41. The first-order valence-electron chi connectivity index (χ1n) is 16.8. The van der Waals surface area contributed by atoms with Crippen LogP contribution in [-0.4, -0.2) is 15.0 Å². The van der Waals surface area contributed by atoms with Gasteiger partial charge >= 0.3 is 0 Å². The molecule has 51 heavy (non-hydrogen) atoms. The maximum absolute atomic E-state index is 6.37. The maximum atomic E-state index is 6.37. The summed E-state index contributed by atoms with van der Waals surface area (Å²) in [5, 5.41) is 6.86. The molecule has 0 spiro atoms. The zero-order valence-corrected chi connectivity index (χ0v) is 27.8. The molecule has 5 nitrogen and oxygen atoms in total. The highest BCUT2D eigenvalue weighted by atomic mass is 32.1. The van der Waals surface area contributed by atoms with E-state index in [4.69, 9.17) is 23.8 Å². The van der Waals surface area contributed by atoms with Crippen molar-refractivity contribution in [2.45, 2.75) is 0 Å². The topological polar surface area (TPSA) is 65.0 Å². The molecule has 0 saturated carbocycles. The average molecular weight is 672 g/mol. The molecule has 0 aliphatic rings. The number of fused-ring (bicyclic) bond motifs is 9. The SMILES string of the molecule is c1ccc(-c2nc(-c3ccc4c(c3)oc3ccccc34)nc(-c3ccc4c(c3)sc3cc(-c5cccc6c5oc5ccccc56)ccc34)n2)cc1. The van der Waals surface area contributed by atoms with Crippen LogP contribution in [0.15, 0.2) is 160 Å². The minimum absolute atomic E-state index is 0.599. The number of thiophene rings is 1. The van der Waals surface area contributed by atoms with Crippen molar-refractivity contribution in [2.24, 2.45) is 0 Å². The molecular formula is C45H25N3O2S. The van der Waals surface area contributed by atoms with Crippen LogP contribution in [0, 0.1) is 0 Å². The Bertz CT molecular complexity index is 3160. The maximum Gasteiger partial charge on any atom is 0.164 e. The lowest BCUT2D eigenvalue weighted by Crippen LogP contribution is -2.00. The van der Waals surface area contributed by atoms with Gasteiger partial charge in [0.1, 0.15) is 22.3 Å². The molecule has 11 aromatic rings. The molecule has 0 atom stereocenters. The van der Waals surface area contributed by atoms with E-state index in [0.717, 1.165) is 71.7 Å². The molecule has 11 rings (SSSR count). The number of para-hydroxylation sites is 3. The van der Waals surface area contributed by atoms with E-state index in [2.05, 4.69) is 84.9 Å². The van der Waals surface area contributed by atoms with Gasteiger partial charge in [-0.15, -0.1) is 11.3 Å². The third kappa shape index (κ3) is 4.50. The van der Waals surface area contributed by atoms with Crippen LogP contribution in [0.1, 0.15) is 0 Å². The third-order valence-corrected chi connectivity index (χ3v) is 10.9.